The maximum Gasteiger partial charge on any atom is 0.226 e. The fourth-order valence-electron chi connectivity index (χ4n) is 3.90. The zero-order chi connectivity index (χ0) is 18.4. The van der Waals surface area contributed by atoms with Crippen molar-refractivity contribution in [1.29, 1.82) is 0 Å². The molecule has 0 aromatic carbocycles. The number of aryl methyl sites for hydroxylation is 1. The second-order valence-electron chi connectivity index (χ2n) is 7.79. The van der Waals surface area contributed by atoms with E-state index in [1.54, 1.807) is 0 Å². The smallest absolute Gasteiger partial charge is 0.226 e. The van der Waals surface area contributed by atoms with Gasteiger partial charge in [-0.15, -0.1) is 0 Å². The number of hydrogen-bond acceptors (Lipinski definition) is 5. The number of aliphatic imine (C=N–C) groups is 1. The van der Waals surface area contributed by atoms with E-state index in [-0.39, 0.29) is 0 Å². The van der Waals surface area contributed by atoms with Crippen LogP contribution in [-0.4, -0.2) is 58.2 Å². The van der Waals surface area contributed by atoms with E-state index >= 15 is 0 Å². The lowest BCUT2D eigenvalue weighted by Gasteiger charge is -2.45. The topological polar surface area (TPSA) is 66.5 Å². The lowest BCUT2D eigenvalue weighted by Crippen LogP contribution is -2.53. The molecule has 0 radical (unpaired) electrons. The van der Waals surface area contributed by atoms with Gasteiger partial charge in [0.05, 0.1) is 0 Å². The van der Waals surface area contributed by atoms with Crippen LogP contribution in [0.3, 0.4) is 0 Å². The van der Waals surface area contributed by atoms with Gasteiger partial charge >= 0.3 is 0 Å². The highest BCUT2D eigenvalue weighted by molar-refractivity contribution is 8.00. The van der Waals surface area contributed by atoms with Crippen LogP contribution in [0.5, 0.6) is 0 Å². The molecule has 1 spiro atoms. The molecule has 1 aliphatic carbocycles. The van der Waals surface area contributed by atoms with Crippen LogP contribution in [0.15, 0.2) is 9.52 Å². The van der Waals surface area contributed by atoms with Gasteiger partial charge in [0.25, 0.3) is 0 Å². The Morgan fingerprint density at radius 1 is 1.35 bits per heavy atom. The summed E-state index contributed by atoms with van der Waals surface area (Å²) >= 11 is 2.20. The Kier molecular flexibility index (Phi) is 6.84. The molecule has 3 rings (SSSR count). The van der Waals surface area contributed by atoms with Gasteiger partial charge in [0.15, 0.2) is 11.8 Å². The van der Waals surface area contributed by atoms with E-state index in [4.69, 9.17) is 4.52 Å². The van der Waals surface area contributed by atoms with E-state index in [1.165, 1.54) is 37.9 Å². The largest absolute Gasteiger partial charge is 0.356 e. The molecule has 2 aliphatic rings. The summed E-state index contributed by atoms with van der Waals surface area (Å²) < 4.78 is 5.78. The van der Waals surface area contributed by atoms with Crippen LogP contribution in [-0.2, 0) is 6.42 Å². The van der Waals surface area contributed by atoms with Crippen LogP contribution < -0.4 is 5.32 Å². The third kappa shape index (κ3) is 4.93. The van der Waals surface area contributed by atoms with Crippen molar-refractivity contribution in [2.45, 2.75) is 69.5 Å². The Hall–Kier alpha value is -1.24. The van der Waals surface area contributed by atoms with Crippen LogP contribution in [0, 0.1) is 0 Å². The maximum absolute atomic E-state index is 5.32. The summed E-state index contributed by atoms with van der Waals surface area (Å²) in [5.74, 6) is 4.10. The number of nitrogens with one attached hydrogen (secondary N) is 1. The average molecular weight is 380 g/mol. The van der Waals surface area contributed by atoms with E-state index in [1.807, 2.05) is 7.05 Å². The van der Waals surface area contributed by atoms with Gasteiger partial charge in [0.2, 0.25) is 5.89 Å². The van der Waals surface area contributed by atoms with Gasteiger partial charge < -0.3 is 14.7 Å². The van der Waals surface area contributed by atoms with E-state index < -0.39 is 0 Å². The molecule has 7 heteroatoms. The maximum atomic E-state index is 5.32. The Morgan fingerprint density at radius 2 is 2.15 bits per heavy atom. The molecule has 0 amide bonds. The monoisotopic (exact) mass is 379 g/mol. The van der Waals surface area contributed by atoms with Crippen LogP contribution in [0.4, 0.5) is 0 Å². The second kappa shape index (κ2) is 9.11. The summed E-state index contributed by atoms with van der Waals surface area (Å²) in [5, 5.41) is 7.56. The van der Waals surface area contributed by atoms with E-state index in [0.29, 0.717) is 10.7 Å². The molecule has 0 unspecified atom stereocenters. The standard InChI is InChI=1S/C19H33N5OS/c1-15(2)17-22-16(25-23-17)8-7-11-21-18(20-3)24-12-13-26-19(14-24)9-5-4-6-10-19/h15H,4-14H2,1-3H3,(H,20,21). The number of guanidine groups is 1. The van der Waals surface area contributed by atoms with Crippen molar-refractivity contribution in [3.8, 4) is 0 Å². The molecule has 1 saturated carbocycles. The molecule has 2 fully saturated rings. The summed E-state index contributed by atoms with van der Waals surface area (Å²) in [4.78, 5) is 11.4. The van der Waals surface area contributed by atoms with Gasteiger partial charge in [-0.1, -0.05) is 38.3 Å². The van der Waals surface area contributed by atoms with Gasteiger partial charge in [0, 0.05) is 49.5 Å². The summed E-state index contributed by atoms with van der Waals surface area (Å²) in [5.41, 5.74) is 0. The van der Waals surface area contributed by atoms with Crippen LogP contribution in [0.25, 0.3) is 0 Å². The predicted molar refractivity (Wildman–Crippen MR) is 108 cm³/mol. The third-order valence-corrected chi connectivity index (χ3v) is 6.91. The van der Waals surface area contributed by atoms with Crippen molar-refractivity contribution in [2.75, 3.05) is 32.4 Å². The lowest BCUT2D eigenvalue weighted by atomic mass is 9.87. The van der Waals surface area contributed by atoms with Gasteiger partial charge in [-0.2, -0.15) is 16.7 Å². The molecule has 0 bridgehead atoms. The van der Waals surface area contributed by atoms with Crippen molar-refractivity contribution in [3.05, 3.63) is 11.7 Å². The number of hydrogen-bond donors (Lipinski definition) is 1. The highest BCUT2D eigenvalue weighted by atomic mass is 32.2. The quantitative estimate of drug-likeness (QED) is 0.480. The first-order valence-electron chi connectivity index (χ1n) is 10.0. The van der Waals surface area contributed by atoms with E-state index in [0.717, 1.165) is 50.2 Å². The molecule has 26 heavy (non-hydrogen) atoms. The molecule has 0 atom stereocenters. The molecule has 146 valence electrons. The van der Waals surface area contributed by atoms with Crippen molar-refractivity contribution in [1.82, 2.24) is 20.4 Å². The zero-order valence-electron chi connectivity index (χ0n) is 16.5. The first-order chi connectivity index (χ1) is 12.6. The number of thioether (sulfide) groups is 1. The number of nitrogens with zero attached hydrogens (tertiary/aromatic N) is 4. The molecular formula is C19H33N5OS. The SMILES string of the molecule is CN=C(NCCCc1nc(C(C)C)no1)N1CCSC2(CCCCC2)C1. The zero-order valence-corrected chi connectivity index (χ0v) is 17.3. The van der Waals surface area contributed by atoms with Gasteiger partial charge in [-0.3, -0.25) is 4.99 Å². The normalized spacial score (nSPS) is 20.8. The molecule has 1 aliphatic heterocycles. The second-order valence-corrected chi connectivity index (χ2v) is 9.36. The Balaban J connectivity index is 1.45. The minimum atomic E-state index is 0.313. The van der Waals surface area contributed by atoms with Crippen LogP contribution in [0.1, 0.15) is 70.0 Å². The molecule has 2 heterocycles. The number of rotatable bonds is 5. The average Bonchev–Trinajstić information content (AvgIpc) is 3.12. The Bertz CT molecular complexity index is 589. The van der Waals surface area contributed by atoms with Crippen molar-refractivity contribution in [3.63, 3.8) is 0 Å². The first kappa shape index (κ1) is 19.5. The molecule has 1 aromatic heterocycles. The van der Waals surface area contributed by atoms with Gasteiger partial charge in [-0.25, -0.2) is 0 Å². The fraction of sp³-hybridized carbons (Fsp3) is 0.842. The van der Waals surface area contributed by atoms with E-state index in [9.17, 15) is 0 Å². The fourth-order valence-corrected chi connectivity index (χ4v) is 5.47. The third-order valence-electron chi connectivity index (χ3n) is 5.38. The van der Waals surface area contributed by atoms with Gasteiger partial charge in [0.1, 0.15) is 0 Å². The summed E-state index contributed by atoms with van der Waals surface area (Å²) in [6.45, 7) is 7.27. The summed E-state index contributed by atoms with van der Waals surface area (Å²) in [7, 11) is 1.89. The summed E-state index contributed by atoms with van der Waals surface area (Å²) in [6.07, 6.45) is 8.67. The molecule has 1 N–H and O–H groups in total. The van der Waals surface area contributed by atoms with E-state index in [2.05, 4.69) is 51.0 Å². The summed E-state index contributed by atoms with van der Waals surface area (Å²) in [6, 6.07) is 0. The molecule has 6 nitrogen and oxygen atoms in total. The highest BCUT2D eigenvalue weighted by Gasteiger charge is 2.38. The van der Waals surface area contributed by atoms with Crippen molar-refractivity contribution >= 4 is 17.7 Å². The van der Waals surface area contributed by atoms with Crippen molar-refractivity contribution < 1.29 is 4.52 Å². The van der Waals surface area contributed by atoms with Crippen molar-refractivity contribution in [2.24, 2.45) is 4.99 Å². The first-order valence-corrected chi connectivity index (χ1v) is 11.0. The molecule has 1 saturated heterocycles. The Morgan fingerprint density at radius 3 is 2.85 bits per heavy atom. The molecular weight excluding hydrogens is 346 g/mol. The van der Waals surface area contributed by atoms with Crippen LogP contribution >= 0.6 is 11.8 Å². The lowest BCUT2D eigenvalue weighted by molar-refractivity contribution is 0.293. The minimum Gasteiger partial charge on any atom is -0.356 e. The molecule has 1 aromatic rings. The minimum absolute atomic E-state index is 0.313. The Labute approximate surface area is 161 Å². The van der Waals surface area contributed by atoms with Crippen LogP contribution in [0.2, 0.25) is 0 Å². The predicted octanol–water partition coefficient (Wildman–Crippen LogP) is 3.45. The highest BCUT2D eigenvalue weighted by Crippen LogP contribution is 2.42. The van der Waals surface area contributed by atoms with Gasteiger partial charge in [-0.05, 0) is 19.3 Å². The number of aromatic nitrogens is 2.